The Morgan fingerprint density at radius 1 is 0.931 bits per heavy atom. The minimum absolute atomic E-state index is 0.0897. The van der Waals surface area contributed by atoms with Gasteiger partial charge in [0.15, 0.2) is 0 Å². The summed E-state index contributed by atoms with van der Waals surface area (Å²) in [7, 11) is -2.26. The van der Waals surface area contributed by atoms with Gasteiger partial charge < -0.3 is 10.1 Å². The van der Waals surface area contributed by atoms with Crippen LogP contribution in [-0.4, -0.2) is 28.0 Å². The summed E-state index contributed by atoms with van der Waals surface area (Å²) in [5.41, 5.74) is 1.91. The monoisotopic (exact) mass is 410 g/mol. The summed E-state index contributed by atoms with van der Waals surface area (Å²) in [6, 6.07) is 24.5. The maximum atomic E-state index is 12.9. The molecular formula is C22H22N2O4S. The highest BCUT2D eigenvalue weighted by Crippen LogP contribution is 2.23. The minimum Gasteiger partial charge on any atom is -0.367 e. The number of sulfonamides is 1. The summed E-state index contributed by atoms with van der Waals surface area (Å²) < 4.78 is 32.4. The lowest BCUT2D eigenvalue weighted by Gasteiger charge is -2.19. The average molecular weight is 410 g/mol. The van der Waals surface area contributed by atoms with Crippen molar-refractivity contribution in [2.45, 2.75) is 11.5 Å². The summed E-state index contributed by atoms with van der Waals surface area (Å²) >= 11 is 0. The Morgan fingerprint density at radius 2 is 1.59 bits per heavy atom. The zero-order chi connectivity index (χ0) is 20.7. The molecule has 3 aromatic rings. The van der Waals surface area contributed by atoms with Gasteiger partial charge in [-0.1, -0.05) is 54.6 Å². The van der Waals surface area contributed by atoms with Crippen LogP contribution in [-0.2, 0) is 26.2 Å². The molecule has 29 heavy (non-hydrogen) atoms. The van der Waals surface area contributed by atoms with Gasteiger partial charge in [-0.25, -0.2) is 8.42 Å². The largest absolute Gasteiger partial charge is 0.367 e. The Morgan fingerprint density at radius 3 is 2.28 bits per heavy atom. The molecule has 0 unspecified atom stereocenters. The molecule has 1 N–H and O–H groups in total. The molecule has 0 atom stereocenters. The summed E-state index contributed by atoms with van der Waals surface area (Å²) in [5, 5.41) is 2.67. The van der Waals surface area contributed by atoms with Gasteiger partial charge in [-0.2, -0.15) is 0 Å². The van der Waals surface area contributed by atoms with E-state index in [0.29, 0.717) is 18.0 Å². The predicted molar refractivity (Wildman–Crippen MR) is 113 cm³/mol. The summed E-state index contributed by atoms with van der Waals surface area (Å²) in [4.78, 5) is 12.2. The van der Waals surface area contributed by atoms with E-state index in [9.17, 15) is 13.2 Å². The first kappa shape index (κ1) is 20.6. The lowest BCUT2D eigenvalue weighted by Crippen LogP contribution is -2.26. The Kier molecular flexibility index (Phi) is 6.64. The Hall–Kier alpha value is -3.16. The molecule has 0 aromatic heterocycles. The molecule has 3 aromatic carbocycles. The first-order valence-electron chi connectivity index (χ1n) is 9.02. The van der Waals surface area contributed by atoms with E-state index in [1.54, 1.807) is 36.4 Å². The van der Waals surface area contributed by atoms with Crippen LogP contribution in [0.3, 0.4) is 0 Å². The van der Waals surface area contributed by atoms with Crippen LogP contribution in [0.1, 0.15) is 5.56 Å². The molecule has 6 nitrogen and oxygen atoms in total. The fourth-order valence-corrected chi connectivity index (χ4v) is 3.94. The van der Waals surface area contributed by atoms with Crippen molar-refractivity contribution < 1.29 is 17.9 Å². The van der Waals surface area contributed by atoms with Crippen molar-refractivity contribution in [3.8, 4) is 0 Å². The number of carbonyl (C=O) groups is 1. The van der Waals surface area contributed by atoms with Crippen LogP contribution in [0.25, 0.3) is 0 Å². The molecule has 150 valence electrons. The molecule has 0 aliphatic heterocycles. The summed E-state index contributed by atoms with van der Waals surface area (Å²) in [5.74, 6) is -0.355. The Balaban J connectivity index is 1.63. The van der Waals surface area contributed by atoms with Gasteiger partial charge in [-0.3, -0.25) is 9.10 Å². The van der Waals surface area contributed by atoms with Crippen LogP contribution in [0.5, 0.6) is 0 Å². The van der Waals surface area contributed by atoms with E-state index in [2.05, 4.69) is 5.32 Å². The maximum Gasteiger partial charge on any atom is 0.264 e. The molecule has 3 rings (SSSR count). The number of anilines is 2. The van der Waals surface area contributed by atoms with Gasteiger partial charge in [0.1, 0.15) is 6.61 Å². The summed E-state index contributed by atoms with van der Waals surface area (Å²) in [6.45, 7) is 0.195. The number of rotatable bonds is 8. The Bertz CT molecular complexity index is 1050. The first-order chi connectivity index (χ1) is 14.0. The average Bonchev–Trinajstić information content (AvgIpc) is 2.75. The zero-order valence-electron chi connectivity index (χ0n) is 16.0. The SMILES string of the molecule is CN(c1ccccc1)S(=O)(=O)c1cccc(NC(=O)COCc2ccccc2)c1. The van der Waals surface area contributed by atoms with Gasteiger partial charge in [-0.15, -0.1) is 0 Å². The molecule has 1 amide bonds. The van der Waals surface area contributed by atoms with Gasteiger partial charge in [-0.05, 0) is 35.9 Å². The first-order valence-corrected chi connectivity index (χ1v) is 10.5. The van der Waals surface area contributed by atoms with E-state index in [4.69, 9.17) is 4.74 Å². The van der Waals surface area contributed by atoms with E-state index in [0.717, 1.165) is 5.56 Å². The van der Waals surface area contributed by atoms with Gasteiger partial charge >= 0.3 is 0 Å². The molecule has 0 saturated carbocycles. The number of amides is 1. The number of carbonyl (C=O) groups excluding carboxylic acids is 1. The van der Waals surface area contributed by atoms with E-state index >= 15 is 0 Å². The number of para-hydroxylation sites is 1. The molecule has 0 saturated heterocycles. The van der Waals surface area contributed by atoms with Crippen LogP contribution in [0.15, 0.2) is 89.8 Å². The van der Waals surface area contributed by atoms with Crippen molar-refractivity contribution in [2.24, 2.45) is 0 Å². The third-order valence-electron chi connectivity index (χ3n) is 4.24. The fourth-order valence-electron chi connectivity index (χ4n) is 2.70. The molecule has 0 radical (unpaired) electrons. The molecule has 0 heterocycles. The molecular weight excluding hydrogens is 388 g/mol. The lowest BCUT2D eigenvalue weighted by molar-refractivity contribution is -0.121. The van der Waals surface area contributed by atoms with Crippen molar-refractivity contribution in [1.29, 1.82) is 0 Å². The van der Waals surface area contributed by atoms with Crippen LogP contribution < -0.4 is 9.62 Å². The number of nitrogens with one attached hydrogen (secondary N) is 1. The number of benzene rings is 3. The van der Waals surface area contributed by atoms with Gasteiger partial charge in [0.05, 0.1) is 17.2 Å². The normalized spacial score (nSPS) is 11.1. The zero-order valence-corrected chi connectivity index (χ0v) is 16.8. The second-order valence-electron chi connectivity index (χ2n) is 6.36. The Labute approximate surface area is 170 Å². The molecule has 0 aliphatic rings. The van der Waals surface area contributed by atoms with E-state index in [1.807, 2.05) is 36.4 Å². The van der Waals surface area contributed by atoms with Crippen LogP contribution in [0, 0.1) is 0 Å². The molecule has 0 fully saturated rings. The highest BCUT2D eigenvalue weighted by atomic mass is 32.2. The highest BCUT2D eigenvalue weighted by molar-refractivity contribution is 7.92. The van der Waals surface area contributed by atoms with Crippen molar-refractivity contribution in [2.75, 3.05) is 23.3 Å². The van der Waals surface area contributed by atoms with Crippen LogP contribution >= 0.6 is 0 Å². The third-order valence-corrected chi connectivity index (χ3v) is 6.02. The number of ether oxygens (including phenoxy) is 1. The predicted octanol–water partition coefficient (Wildman–Crippen LogP) is 3.67. The minimum atomic E-state index is -3.75. The maximum absolute atomic E-state index is 12.9. The second-order valence-corrected chi connectivity index (χ2v) is 8.33. The second kappa shape index (κ2) is 9.36. The van der Waals surface area contributed by atoms with Crippen LogP contribution in [0.4, 0.5) is 11.4 Å². The standard InChI is InChI=1S/C22H22N2O4S/c1-24(20-12-6-3-7-13-20)29(26,27)21-14-8-11-19(15-21)23-22(25)17-28-16-18-9-4-2-5-10-18/h2-15H,16-17H2,1H3,(H,23,25). The topological polar surface area (TPSA) is 75.7 Å². The summed E-state index contributed by atoms with van der Waals surface area (Å²) in [6.07, 6.45) is 0. The van der Waals surface area contributed by atoms with Gasteiger partial charge in [0.25, 0.3) is 10.0 Å². The van der Waals surface area contributed by atoms with Crippen molar-refractivity contribution in [1.82, 2.24) is 0 Å². The number of hydrogen-bond acceptors (Lipinski definition) is 4. The van der Waals surface area contributed by atoms with Crippen LogP contribution in [0.2, 0.25) is 0 Å². The van der Waals surface area contributed by atoms with Gasteiger partial charge in [0.2, 0.25) is 5.91 Å². The third kappa shape index (κ3) is 5.43. The molecule has 7 heteroatoms. The van der Waals surface area contributed by atoms with Gasteiger partial charge in [0, 0.05) is 12.7 Å². The quantitative estimate of drug-likeness (QED) is 0.615. The van der Waals surface area contributed by atoms with E-state index in [-0.39, 0.29) is 17.4 Å². The molecule has 0 bridgehead atoms. The fraction of sp³-hybridized carbons (Fsp3) is 0.136. The molecule has 0 aliphatic carbocycles. The number of hydrogen-bond donors (Lipinski definition) is 1. The van der Waals surface area contributed by atoms with Crippen molar-refractivity contribution in [3.05, 3.63) is 90.5 Å². The van der Waals surface area contributed by atoms with E-state index < -0.39 is 10.0 Å². The highest BCUT2D eigenvalue weighted by Gasteiger charge is 2.21. The lowest BCUT2D eigenvalue weighted by atomic mass is 10.2. The molecule has 0 spiro atoms. The van der Waals surface area contributed by atoms with E-state index in [1.165, 1.54) is 23.5 Å². The van der Waals surface area contributed by atoms with Crippen molar-refractivity contribution in [3.63, 3.8) is 0 Å². The van der Waals surface area contributed by atoms with Crippen molar-refractivity contribution >= 4 is 27.3 Å². The smallest absolute Gasteiger partial charge is 0.264 e. The number of nitrogens with zero attached hydrogens (tertiary/aromatic N) is 1.